The monoisotopic (exact) mass is 300 g/mol. The molecule has 8 heteroatoms. The molecule has 0 saturated heterocycles. The molecular weight excluding hydrogens is 292 g/mol. The van der Waals surface area contributed by atoms with Crippen molar-refractivity contribution in [3.05, 3.63) is 28.2 Å². The fourth-order valence-corrected chi connectivity index (χ4v) is 1.63. The van der Waals surface area contributed by atoms with Gasteiger partial charge in [0.25, 0.3) is 0 Å². The van der Waals surface area contributed by atoms with Crippen LogP contribution >= 0.6 is 23.2 Å². The van der Waals surface area contributed by atoms with E-state index in [2.05, 4.69) is 5.32 Å². The molecule has 1 rings (SSSR count). The Kier molecular flexibility index (Phi) is 5.10. The summed E-state index contributed by atoms with van der Waals surface area (Å²) < 4.78 is 35.5. The molecule has 1 aromatic carbocycles. The van der Waals surface area contributed by atoms with Crippen molar-refractivity contribution in [3.63, 3.8) is 0 Å². The average Bonchev–Trinajstić information content (AvgIpc) is 2.25. The second-order valence-corrected chi connectivity index (χ2v) is 4.16. The third kappa shape index (κ3) is 5.01. The van der Waals surface area contributed by atoms with Crippen LogP contribution in [-0.4, -0.2) is 25.2 Å². The molecule has 0 aliphatic carbocycles. The predicted molar refractivity (Wildman–Crippen MR) is 64.0 cm³/mol. The fourth-order valence-electron chi connectivity index (χ4n) is 1.10. The summed E-state index contributed by atoms with van der Waals surface area (Å²) in [5, 5.41) is 4.86. The second kappa shape index (κ2) is 6.15. The number of benzene rings is 1. The van der Waals surface area contributed by atoms with E-state index in [1.807, 2.05) is 0 Å². The summed E-state index contributed by atoms with van der Waals surface area (Å²) in [6, 6.07) is 4.70. The van der Waals surface area contributed by atoms with E-state index in [-0.39, 0.29) is 16.6 Å². The zero-order valence-corrected chi connectivity index (χ0v) is 10.5. The number of anilines is 1. The molecule has 0 unspecified atom stereocenters. The highest BCUT2D eigenvalue weighted by molar-refractivity contribution is 6.39. The maximum absolute atomic E-state index is 11.8. The molecule has 100 valence electrons. The minimum atomic E-state index is -4.43. The topological polar surface area (TPSA) is 41.1 Å². The van der Waals surface area contributed by atoms with Crippen molar-refractivity contribution in [3.8, 4) is 0 Å². The number of hydrogen-bond acceptors (Lipinski definition) is 2. The molecule has 0 heterocycles. The maximum atomic E-state index is 11.8. The van der Waals surface area contributed by atoms with E-state index < -0.39 is 18.6 Å². The third-order valence-electron chi connectivity index (χ3n) is 1.87. The Morgan fingerprint density at radius 3 is 2.28 bits per heavy atom. The van der Waals surface area contributed by atoms with E-state index in [1.54, 1.807) is 23.5 Å². The number of amides is 1. The predicted octanol–water partition coefficient (Wildman–Crippen LogP) is 3.08. The van der Waals surface area contributed by atoms with Crippen LogP contribution in [0, 0.1) is 0 Å². The maximum Gasteiger partial charge on any atom is 0.405 e. The normalized spacial score (nSPS) is 11.2. The van der Waals surface area contributed by atoms with Gasteiger partial charge in [-0.1, -0.05) is 29.3 Å². The highest BCUT2D eigenvalue weighted by Gasteiger charge is 2.27. The van der Waals surface area contributed by atoms with Gasteiger partial charge in [-0.25, -0.2) is 0 Å². The van der Waals surface area contributed by atoms with Crippen molar-refractivity contribution >= 4 is 34.8 Å². The number of hydrogen-bond donors (Lipinski definition) is 2. The molecule has 0 radical (unpaired) electrons. The van der Waals surface area contributed by atoms with Gasteiger partial charge in [0.2, 0.25) is 5.91 Å². The lowest BCUT2D eigenvalue weighted by Gasteiger charge is -2.11. The van der Waals surface area contributed by atoms with E-state index in [9.17, 15) is 18.0 Å². The van der Waals surface area contributed by atoms with E-state index in [0.29, 0.717) is 5.69 Å². The molecular formula is C10H9Cl2F3N2O. The second-order valence-electron chi connectivity index (χ2n) is 3.34. The molecule has 0 bridgehead atoms. The summed E-state index contributed by atoms with van der Waals surface area (Å²) in [7, 11) is 0. The first-order valence-corrected chi connectivity index (χ1v) is 5.56. The standard InChI is InChI=1S/C10H9Cl2F3N2O/c11-6-2-1-3-7(12)9(6)16-4-8(18)17-5-10(13,14)15/h1-3,16H,4-5H2,(H,17,18). The number of halogens is 5. The molecule has 0 aliphatic heterocycles. The number of carbonyl (C=O) groups excluding carboxylic acids is 1. The van der Waals surface area contributed by atoms with Gasteiger partial charge in [-0.3, -0.25) is 4.79 Å². The number of rotatable bonds is 4. The van der Waals surface area contributed by atoms with Crippen LogP contribution in [0.3, 0.4) is 0 Å². The van der Waals surface area contributed by atoms with Crippen molar-refractivity contribution in [2.45, 2.75) is 6.18 Å². The van der Waals surface area contributed by atoms with Gasteiger partial charge in [-0.2, -0.15) is 13.2 Å². The molecule has 3 nitrogen and oxygen atoms in total. The fraction of sp³-hybridized carbons (Fsp3) is 0.300. The van der Waals surface area contributed by atoms with Gasteiger partial charge in [0.1, 0.15) is 6.54 Å². The number of carbonyl (C=O) groups is 1. The summed E-state index contributed by atoms with van der Waals surface area (Å²) in [6.07, 6.45) is -4.43. The zero-order chi connectivity index (χ0) is 13.8. The summed E-state index contributed by atoms with van der Waals surface area (Å²) in [6.45, 7) is -1.72. The van der Waals surface area contributed by atoms with Crippen molar-refractivity contribution in [2.75, 3.05) is 18.4 Å². The summed E-state index contributed by atoms with van der Waals surface area (Å²) in [5.74, 6) is -0.802. The van der Waals surface area contributed by atoms with Crippen LogP contribution in [0.2, 0.25) is 10.0 Å². The van der Waals surface area contributed by atoms with Gasteiger partial charge in [0, 0.05) is 0 Å². The number of para-hydroxylation sites is 1. The molecule has 1 amide bonds. The average molecular weight is 301 g/mol. The molecule has 0 aliphatic rings. The Bertz CT molecular complexity index is 417. The molecule has 2 N–H and O–H groups in total. The van der Waals surface area contributed by atoms with Gasteiger partial charge in [-0.15, -0.1) is 0 Å². The SMILES string of the molecule is O=C(CNc1c(Cl)cccc1Cl)NCC(F)(F)F. The van der Waals surface area contributed by atoms with Crippen molar-refractivity contribution < 1.29 is 18.0 Å². The Hall–Kier alpha value is -1.14. The Morgan fingerprint density at radius 2 is 1.78 bits per heavy atom. The minimum Gasteiger partial charge on any atom is -0.374 e. The molecule has 0 aromatic heterocycles. The molecule has 0 fully saturated rings. The quantitative estimate of drug-likeness (QED) is 0.897. The van der Waals surface area contributed by atoms with Gasteiger partial charge >= 0.3 is 6.18 Å². The highest BCUT2D eigenvalue weighted by Crippen LogP contribution is 2.29. The lowest BCUT2D eigenvalue weighted by Crippen LogP contribution is -2.37. The zero-order valence-electron chi connectivity index (χ0n) is 8.94. The molecule has 0 spiro atoms. The first-order chi connectivity index (χ1) is 8.29. The van der Waals surface area contributed by atoms with Gasteiger partial charge < -0.3 is 10.6 Å². The molecule has 1 aromatic rings. The number of nitrogens with one attached hydrogen (secondary N) is 2. The van der Waals surface area contributed by atoms with E-state index in [0.717, 1.165) is 0 Å². The highest BCUT2D eigenvalue weighted by atomic mass is 35.5. The van der Waals surface area contributed by atoms with E-state index in [1.165, 1.54) is 0 Å². The van der Waals surface area contributed by atoms with Gasteiger partial charge in [-0.05, 0) is 12.1 Å². The lowest BCUT2D eigenvalue weighted by molar-refractivity contribution is -0.137. The van der Waals surface area contributed by atoms with Crippen molar-refractivity contribution in [1.82, 2.24) is 5.32 Å². The van der Waals surface area contributed by atoms with Crippen LogP contribution in [0.25, 0.3) is 0 Å². The minimum absolute atomic E-state index is 0.283. The van der Waals surface area contributed by atoms with Crippen LogP contribution in [0.15, 0.2) is 18.2 Å². The molecule has 0 saturated carbocycles. The smallest absolute Gasteiger partial charge is 0.374 e. The molecule has 18 heavy (non-hydrogen) atoms. The Labute approximate surface area is 111 Å². The summed E-state index contributed by atoms with van der Waals surface area (Å²) >= 11 is 11.6. The lowest BCUT2D eigenvalue weighted by atomic mass is 10.3. The van der Waals surface area contributed by atoms with Crippen LogP contribution in [0.5, 0.6) is 0 Å². The van der Waals surface area contributed by atoms with Crippen molar-refractivity contribution in [1.29, 1.82) is 0 Å². The summed E-state index contributed by atoms with van der Waals surface area (Å²) in [4.78, 5) is 11.1. The van der Waals surface area contributed by atoms with E-state index >= 15 is 0 Å². The number of alkyl halides is 3. The van der Waals surface area contributed by atoms with Crippen LogP contribution in [0.4, 0.5) is 18.9 Å². The Morgan fingerprint density at radius 1 is 1.22 bits per heavy atom. The van der Waals surface area contributed by atoms with Crippen LogP contribution in [0.1, 0.15) is 0 Å². The van der Waals surface area contributed by atoms with Crippen LogP contribution < -0.4 is 10.6 Å². The van der Waals surface area contributed by atoms with Crippen LogP contribution in [-0.2, 0) is 4.79 Å². The van der Waals surface area contributed by atoms with E-state index in [4.69, 9.17) is 23.2 Å². The summed E-state index contributed by atoms with van der Waals surface area (Å²) in [5.41, 5.74) is 0.308. The van der Waals surface area contributed by atoms with Crippen molar-refractivity contribution in [2.24, 2.45) is 0 Å². The van der Waals surface area contributed by atoms with Gasteiger partial charge in [0.15, 0.2) is 0 Å². The first-order valence-electron chi connectivity index (χ1n) is 4.81. The third-order valence-corrected chi connectivity index (χ3v) is 2.50. The van der Waals surface area contributed by atoms with Gasteiger partial charge in [0.05, 0.1) is 22.3 Å². The first kappa shape index (κ1) is 14.9. The molecule has 0 atom stereocenters. The Balaban J connectivity index is 2.48. The largest absolute Gasteiger partial charge is 0.405 e.